The van der Waals surface area contributed by atoms with Crippen molar-refractivity contribution >= 4 is 10.0 Å². The van der Waals surface area contributed by atoms with E-state index in [1.807, 2.05) is 13.8 Å². The molecular formula is C15H26N2O3S. The molecule has 5 nitrogen and oxygen atoms in total. The molecule has 0 amide bonds. The lowest BCUT2D eigenvalue weighted by Crippen LogP contribution is -2.34. The second-order valence-corrected chi connectivity index (χ2v) is 6.83. The van der Waals surface area contributed by atoms with Crippen molar-refractivity contribution in [1.82, 2.24) is 9.62 Å². The van der Waals surface area contributed by atoms with Crippen LogP contribution in [0.25, 0.3) is 0 Å². The zero-order valence-corrected chi connectivity index (χ0v) is 14.1. The van der Waals surface area contributed by atoms with Crippen LogP contribution in [0.5, 0.6) is 5.75 Å². The fourth-order valence-electron chi connectivity index (χ4n) is 1.93. The average Bonchev–Trinajstić information content (AvgIpc) is 2.43. The molecule has 0 aliphatic carbocycles. The maximum absolute atomic E-state index is 12.2. The molecule has 1 rings (SSSR count). The van der Waals surface area contributed by atoms with Gasteiger partial charge in [-0.15, -0.1) is 0 Å². The summed E-state index contributed by atoms with van der Waals surface area (Å²) in [6, 6.07) is 6.49. The Bertz CT molecular complexity index is 508. The van der Waals surface area contributed by atoms with Crippen LogP contribution >= 0.6 is 0 Å². The van der Waals surface area contributed by atoms with Crippen molar-refractivity contribution in [2.45, 2.75) is 38.7 Å². The van der Waals surface area contributed by atoms with Crippen molar-refractivity contribution in [3.8, 4) is 5.75 Å². The van der Waals surface area contributed by atoms with E-state index in [4.69, 9.17) is 4.74 Å². The first-order valence-electron chi connectivity index (χ1n) is 7.37. The first-order chi connectivity index (χ1) is 9.89. The van der Waals surface area contributed by atoms with Gasteiger partial charge < -0.3 is 9.64 Å². The van der Waals surface area contributed by atoms with E-state index in [2.05, 4.69) is 23.5 Å². The third-order valence-electron chi connectivity index (χ3n) is 3.12. The molecule has 0 aromatic heterocycles. The van der Waals surface area contributed by atoms with Gasteiger partial charge in [-0.3, -0.25) is 0 Å². The smallest absolute Gasteiger partial charge is 0.240 e. The van der Waals surface area contributed by atoms with Crippen molar-refractivity contribution in [1.29, 1.82) is 0 Å². The molecule has 0 saturated carbocycles. The Morgan fingerprint density at radius 2 is 1.71 bits per heavy atom. The summed E-state index contributed by atoms with van der Waals surface area (Å²) in [4.78, 5) is 2.43. The lowest BCUT2D eigenvalue weighted by atomic mass is 10.3. The SMILES string of the molecule is CCN(CC)CCNS(=O)(=O)c1ccc(OC(C)C)cc1. The highest BCUT2D eigenvalue weighted by molar-refractivity contribution is 7.89. The van der Waals surface area contributed by atoms with Crippen molar-refractivity contribution in [2.75, 3.05) is 26.2 Å². The molecule has 0 heterocycles. The molecule has 0 aliphatic heterocycles. The van der Waals surface area contributed by atoms with E-state index in [1.165, 1.54) is 0 Å². The molecule has 21 heavy (non-hydrogen) atoms. The number of likely N-dealkylation sites (N-methyl/N-ethyl adjacent to an activating group) is 1. The van der Waals surface area contributed by atoms with Gasteiger partial charge >= 0.3 is 0 Å². The Kier molecular flexibility index (Phi) is 7.14. The van der Waals surface area contributed by atoms with Crippen LogP contribution in [0.4, 0.5) is 0 Å². The fourth-order valence-corrected chi connectivity index (χ4v) is 2.95. The highest BCUT2D eigenvalue weighted by atomic mass is 32.2. The Balaban J connectivity index is 2.61. The van der Waals surface area contributed by atoms with Gasteiger partial charge in [-0.2, -0.15) is 0 Å². The van der Waals surface area contributed by atoms with Crippen molar-refractivity contribution in [2.24, 2.45) is 0 Å². The summed E-state index contributed by atoms with van der Waals surface area (Å²) in [6.45, 7) is 10.9. The normalized spacial score (nSPS) is 12.1. The number of hydrogen-bond donors (Lipinski definition) is 1. The lowest BCUT2D eigenvalue weighted by Gasteiger charge is -2.18. The standard InChI is InChI=1S/C15H26N2O3S/c1-5-17(6-2)12-11-16-21(18,19)15-9-7-14(8-10-15)20-13(3)4/h7-10,13,16H,5-6,11-12H2,1-4H3. The zero-order chi connectivity index (χ0) is 15.9. The van der Waals surface area contributed by atoms with Gasteiger partial charge in [0.1, 0.15) is 5.75 Å². The molecule has 6 heteroatoms. The number of rotatable bonds is 9. The predicted molar refractivity (Wildman–Crippen MR) is 85.2 cm³/mol. The quantitative estimate of drug-likeness (QED) is 0.758. The molecule has 0 spiro atoms. The van der Waals surface area contributed by atoms with Crippen LogP contribution < -0.4 is 9.46 Å². The van der Waals surface area contributed by atoms with E-state index in [1.54, 1.807) is 24.3 Å². The van der Waals surface area contributed by atoms with E-state index < -0.39 is 10.0 Å². The molecule has 0 atom stereocenters. The molecular weight excluding hydrogens is 288 g/mol. The summed E-state index contributed by atoms with van der Waals surface area (Å²) < 4.78 is 32.4. The van der Waals surface area contributed by atoms with Gasteiger partial charge in [-0.25, -0.2) is 13.1 Å². The van der Waals surface area contributed by atoms with Gasteiger partial charge in [-0.05, 0) is 51.2 Å². The zero-order valence-electron chi connectivity index (χ0n) is 13.3. The Morgan fingerprint density at radius 1 is 1.14 bits per heavy atom. The van der Waals surface area contributed by atoms with E-state index in [9.17, 15) is 8.42 Å². The third kappa shape index (κ3) is 6.03. The largest absolute Gasteiger partial charge is 0.491 e. The summed E-state index contributed by atoms with van der Waals surface area (Å²) >= 11 is 0. The van der Waals surface area contributed by atoms with Gasteiger partial charge in [0.15, 0.2) is 0 Å². The molecule has 0 aliphatic rings. The average molecular weight is 314 g/mol. The molecule has 0 fully saturated rings. The lowest BCUT2D eigenvalue weighted by molar-refractivity contribution is 0.242. The molecule has 1 aromatic rings. The van der Waals surface area contributed by atoms with E-state index in [0.29, 0.717) is 18.8 Å². The Morgan fingerprint density at radius 3 is 2.19 bits per heavy atom. The van der Waals surface area contributed by atoms with Gasteiger partial charge in [0.05, 0.1) is 11.0 Å². The molecule has 1 N–H and O–H groups in total. The maximum atomic E-state index is 12.2. The number of benzene rings is 1. The van der Waals surface area contributed by atoms with Crippen LogP contribution in [-0.2, 0) is 10.0 Å². The number of ether oxygens (including phenoxy) is 1. The highest BCUT2D eigenvalue weighted by Gasteiger charge is 2.14. The van der Waals surface area contributed by atoms with Crippen molar-refractivity contribution < 1.29 is 13.2 Å². The number of sulfonamides is 1. The summed E-state index contributed by atoms with van der Waals surface area (Å²) in [5.41, 5.74) is 0. The van der Waals surface area contributed by atoms with Crippen molar-refractivity contribution in [3.05, 3.63) is 24.3 Å². The third-order valence-corrected chi connectivity index (χ3v) is 4.60. The van der Waals surface area contributed by atoms with E-state index in [-0.39, 0.29) is 11.0 Å². The predicted octanol–water partition coefficient (Wildman–Crippen LogP) is 2.09. The van der Waals surface area contributed by atoms with Gasteiger partial charge in [0, 0.05) is 13.1 Å². The summed E-state index contributed by atoms with van der Waals surface area (Å²) in [6.07, 6.45) is 0.0691. The number of hydrogen-bond acceptors (Lipinski definition) is 4. The fraction of sp³-hybridized carbons (Fsp3) is 0.600. The van der Waals surface area contributed by atoms with Crippen LogP contribution in [0, 0.1) is 0 Å². The minimum absolute atomic E-state index is 0.0691. The monoisotopic (exact) mass is 314 g/mol. The molecule has 1 aromatic carbocycles. The first kappa shape index (κ1) is 17.9. The molecule has 0 saturated heterocycles. The second kappa shape index (κ2) is 8.36. The van der Waals surface area contributed by atoms with E-state index in [0.717, 1.165) is 13.1 Å². The number of nitrogens with one attached hydrogen (secondary N) is 1. The van der Waals surface area contributed by atoms with Crippen LogP contribution in [0.2, 0.25) is 0 Å². The van der Waals surface area contributed by atoms with Gasteiger partial charge in [0.2, 0.25) is 10.0 Å². The minimum Gasteiger partial charge on any atom is -0.491 e. The molecule has 0 bridgehead atoms. The molecule has 0 unspecified atom stereocenters. The second-order valence-electron chi connectivity index (χ2n) is 5.06. The maximum Gasteiger partial charge on any atom is 0.240 e. The minimum atomic E-state index is -3.45. The van der Waals surface area contributed by atoms with Crippen LogP contribution in [0.3, 0.4) is 0 Å². The van der Waals surface area contributed by atoms with Crippen molar-refractivity contribution in [3.63, 3.8) is 0 Å². The van der Waals surface area contributed by atoms with Gasteiger partial charge in [0.25, 0.3) is 0 Å². The van der Waals surface area contributed by atoms with Crippen LogP contribution in [0.15, 0.2) is 29.2 Å². The Hall–Kier alpha value is -1.11. The summed E-state index contributed by atoms with van der Waals surface area (Å²) in [5.74, 6) is 0.673. The topological polar surface area (TPSA) is 58.6 Å². The van der Waals surface area contributed by atoms with Crippen LogP contribution in [0.1, 0.15) is 27.7 Å². The summed E-state index contributed by atoms with van der Waals surface area (Å²) in [7, 11) is -3.45. The Labute approximate surface area is 128 Å². The highest BCUT2D eigenvalue weighted by Crippen LogP contribution is 2.16. The summed E-state index contributed by atoms with van der Waals surface area (Å²) in [5, 5.41) is 0. The van der Waals surface area contributed by atoms with Crippen LogP contribution in [-0.4, -0.2) is 45.6 Å². The van der Waals surface area contributed by atoms with E-state index >= 15 is 0 Å². The molecule has 120 valence electrons. The van der Waals surface area contributed by atoms with Gasteiger partial charge in [-0.1, -0.05) is 13.8 Å². The molecule has 0 radical (unpaired) electrons. The number of nitrogens with zero attached hydrogens (tertiary/aromatic N) is 1. The first-order valence-corrected chi connectivity index (χ1v) is 8.86.